The summed E-state index contributed by atoms with van der Waals surface area (Å²) in [5.41, 5.74) is 7.68. The van der Waals surface area contributed by atoms with Gasteiger partial charge in [-0.25, -0.2) is 4.68 Å². The molecule has 2 rings (SSSR count). The smallest absolute Gasteiger partial charge is 0.0876 e. The van der Waals surface area contributed by atoms with E-state index in [4.69, 9.17) is 10.5 Å². The van der Waals surface area contributed by atoms with E-state index in [1.54, 1.807) is 13.3 Å². The Morgan fingerprint density at radius 2 is 2.20 bits per heavy atom. The summed E-state index contributed by atoms with van der Waals surface area (Å²) < 4.78 is 7.13. The van der Waals surface area contributed by atoms with Crippen molar-refractivity contribution >= 4 is 5.69 Å². The molecular formula is C15H22N4O. The SMILES string of the molecule is COCC(CCCN)Nc1ccccc1-n1cccn1. The van der Waals surface area contributed by atoms with Crippen LogP contribution in [-0.2, 0) is 4.74 Å². The number of methoxy groups -OCH3 is 1. The molecule has 1 atom stereocenters. The lowest BCUT2D eigenvalue weighted by atomic mass is 10.1. The first-order chi connectivity index (χ1) is 9.85. The highest BCUT2D eigenvalue weighted by atomic mass is 16.5. The van der Waals surface area contributed by atoms with Crippen LogP contribution in [0.3, 0.4) is 0 Å². The predicted molar refractivity (Wildman–Crippen MR) is 81.1 cm³/mol. The number of anilines is 1. The van der Waals surface area contributed by atoms with Crippen molar-refractivity contribution in [3.63, 3.8) is 0 Å². The zero-order chi connectivity index (χ0) is 14.2. The monoisotopic (exact) mass is 274 g/mol. The second kappa shape index (κ2) is 7.67. The van der Waals surface area contributed by atoms with Gasteiger partial charge in [-0.3, -0.25) is 0 Å². The summed E-state index contributed by atoms with van der Waals surface area (Å²) in [6.07, 6.45) is 5.67. The first-order valence-corrected chi connectivity index (χ1v) is 6.89. The lowest BCUT2D eigenvalue weighted by molar-refractivity contribution is 0.182. The summed E-state index contributed by atoms with van der Waals surface area (Å²) in [4.78, 5) is 0. The van der Waals surface area contributed by atoms with E-state index in [-0.39, 0.29) is 6.04 Å². The Balaban J connectivity index is 2.15. The van der Waals surface area contributed by atoms with Gasteiger partial charge in [-0.1, -0.05) is 12.1 Å². The van der Waals surface area contributed by atoms with Crippen LogP contribution in [0.15, 0.2) is 42.7 Å². The van der Waals surface area contributed by atoms with Gasteiger partial charge in [-0.05, 0) is 37.6 Å². The highest BCUT2D eigenvalue weighted by Crippen LogP contribution is 2.20. The Hall–Kier alpha value is -1.85. The first-order valence-electron chi connectivity index (χ1n) is 6.89. The highest BCUT2D eigenvalue weighted by Gasteiger charge is 2.11. The third kappa shape index (κ3) is 3.82. The van der Waals surface area contributed by atoms with Gasteiger partial charge in [-0.15, -0.1) is 0 Å². The van der Waals surface area contributed by atoms with E-state index in [1.165, 1.54) is 0 Å². The maximum absolute atomic E-state index is 5.59. The molecule has 20 heavy (non-hydrogen) atoms. The summed E-state index contributed by atoms with van der Waals surface area (Å²) >= 11 is 0. The van der Waals surface area contributed by atoms with E-state index in [9.17, 15) is 0 Å². The number of para-hydroxylation sites is 2. The molecule has 0 amide bonds. The molecule has 0 saturated carbocycles. The second-order valence-corrected chi connectivity index (χ2v) is 4.70. The molecule has 0 bridgehead atoms. The van der Waals surface area contributed by atoms with Crippen molar-refractivity contribution in [3.05, 3.63) is 42.7 Å². The van der Waals surface area contributed by atoms with Gasteiger partial charge in [0.2, 0.25) is 0 Å². The largest absolute Gasteiger partial charge is 0.383 e. The standard InChI is InChI=1S/C15H22N4O/c1-20-12-13(6-4-9-16)18-14-7-2-3-8-15(14)19-11-5-10-17-19/h2-3,5,7-8,10-11,13,18H,4,6,9,12,16H2,1H3. The Kier molecular flexibility index (Phi) is 5.58. The van der Waals surface area contributed by atoms with Gasteiger partial charge in [0.25, 0.3) is 0 Å². The molecule has 1 unspecified atom stereocenters. The number of benzene rings is 1. The van der Waals surface area contributed by atoms with Crippen molar-refractivity contribution in [2.45, 2.75) is 18.9 Å². The van der Waals surface area contributed by atoms with Crippen LogP contribution < -0.4 is 11.1 Å². The van der Waals surface area contributed by atoms with Crippen LogP contribution in [0.1, 0.15) is 12.8 Å². The quantitative estimate of drug-likeness (QED) is 0.773. The minimum absolute atomic E-state index is 0.250. The fraction of sp³-hybridized carbons (Fsp3) is 0.400. The van der Waals surface area contributed by atoms with E-state index in [0.717, 1.165) is 24.2 Å². The molecule has 0 fully saturated rings. The van der Waals surface area contributed by atoms with Crippen molar-refractivity contribution in [3.8, 4) is 5.69 Å². The molecule has 5 heteroatoms. The zero-order valence-corrected chi connectivity index (χ0v) is 11.8. The average molecular weight is 274 g/mol. The number of nitrogens with two attached hydrogens (primary N) is 1. The minimum Gasteiger partial charge on any atom is -0.383 e. The Morgan fingerprint density at radius 1 is 1.35 bits per heavy atom. The van der Waals surface area contributed by atoms with E-state index < -0.39 is 0 Å². The maximum Gasteiger partial charge on any atom is 0.0876 e. The van der Waals surface area contributed by atoms with E-state index >= 15 is 0 Å². The summed E-state index contributed by atoms with van der Waals surface area (Å²) in [6.45, 7) is 1.36. The van der Waals surface area contributed by atoms with Crippen molar-refractivity contribution in [2.24, 2.45) is 5.73 Å². The van der Waals surface area contributed by atoms with E-state index in [0.29, 0.717) is 13.2 Å². The minimum atomic E-state index is 0.250. The Bertz CT molecular complexity index is 498. The van der Waals surface area contributed by atoms with Crippen molar-refractivity contribution in [1.82, 2.24) is 9.78 Å². The van der Waals surface area contributed by atoms with Crippen LogP contribution in [0.4, 0.5) is 5.69 Å². The number of hydrogen-bond donors (Lipinski definition) is 2. The van der Waals surface area contributed by atoms with Crippen LogP contribution in [0.25, 0.3) is 5.69 Å². The average Bonchev–Trinajstić information content (AvgIpc) is 2.99. The topological polar surface area (TPSA) is 65.1 Å². The molecule has 5 nitrogen and oxygen atoms in total. The Morgan fingerprint density at radius 3 is 2.90 bits per heavy atom. The molecule has 0 aliphatic carbocycles. The molecule has 1 heterocycles. The molecule has 2 aromatic rings. The normalized spacial score (nSPS) is 12.3. The highest BCUT2D eigenvalue weighted by molar-refractivity contribution is 5.61. The van der Waals surface area contributed by atoms with Crippen LogP contribution in [0, 0.1) is 0 Å². The van der Waals surface area contributed by atoms with Gasteiger partial charge < -0.3 is 15.8 Å². The third-order valence-corrected chi connectivity index (χ3v) is 3.14. The molecule has 3 N–H and O–H groups in total. The number of rotatable bonds is 8. The fourth-order valence-electron chi connectivity index (χ4n) is 2.19. The van der Waals surface area contributed by atoms with Gasteiger partial charge in [-0.2, -0.15) is 5.10 Å². The van der Waals surface area contributed by atoms with Crippen molar-refractivity contribution in [2.75, 3.05) is 25.6 Å². The second-order valence-electron chi connectivity index (χ2n) is 4.70. The summed E-state index contributed by atoms with van der Waals surface area (Å²) in [7, 11) is 1.72. The number of nitrogens with one attached hydrogen (secondary N) is 1. The van der Waals surface area contributed by atoms with E-state index in [2.05, 4.69) is 16.5 Å². The van der Waals surface area contributed by atoms with Gasteiger partial charge in [0.05, 0.1) is 18.0 Å². The molecular weight excluding hydrogens is 252 g/mol. The first kappa shape index (κ1) is 14.6. The molecule has 0 radical (unpaired) electrons. The van der Waals surface area contributed by atoms with E-state index in [1.807, 2.05) is 35.1 Å². The Labute approximate surface area is 119 Å². The molecule has 1 aromatic carbocycles. The zero-order valence-electron chi connectivity index (χ0n) is 11.8. The number of nitrogens with zero attached hydrogens (tertiary/aromatic N) is 2. The van der Waals surface area contributed by atoms with Crippen LogP contribution >= 0.6 is 0 Å². The molecule has 108 valence electrons. The molecule has 0 saturated heterocycles. The third-order valence-electron chi connectivity index (χ3n) is 3.14. The molecule has 0 aliphatic heterocycles. The molecule has 1 aromatic heterocycles. The van der Waals surface area contributed by atoms with Crippen LogP contribution in [-0.4, -0.2) is 36.1 Å². The van der Waals surface area contributed by atoms with Gasteiger partial charge >= 0.3 is 0 Å². The lowest BCUT2D eigenvalue weighted by Crippen LogP contribution is -2.26. The summed E-state index contributed by atoms with van der Waals surface area (Å²) in [6, 6.07) is 10.3. The van der Waals surface area contributed by atoms with Crippen molar-refractivity contribution < 1.29 is 4.74 Å². The molecule has 0 aliphatic rings. The van der Waals surface area contributed by atoms with Gasteiger partial charge in [0.15, 0.2) is 0 Å². The fourth-order valence-corrected chi connectivity index (χ4v) is 2.19. The molecule has 0 spiro atoms. The number of ether oxygens (including phenoxy) is 1. The van der Waals surface area contributed by atoms with Gasteiger partial charge in [0.1, 0.15) is 0 Å². The number of aromatic nitrogens is 2. The maximum atomic E-state index is 5.59. The number of hydrogen-bond acceptors (Lipinski definition) is 4. The van der Waals surface area contributed by atoms with Crippen LogP contribution in [0.2, 0.25) is 0 Å². The van der Waals surface area contributed by atoms with Crippen LogP contribution in [0.5, 0.6) is 0 Å². The predicted octanol–water partition coefficient (Wildman–Crippen LogP) is 2.04. The van der Waals surface area contributed by atoms with Gasteiger partial charge in [0, 0.05) is 25.5 Å². The lowest BCUT2D eigenvalue weighted by Gasteiger charge is -2.21. The summed E-state index contributed by atoms with van der Waals surface area (Å²) in [5, 5.41) is 7.82. The van der Waals surface area contributed by atoms with Crippen molar-refractivity contribution in [1.29, 1.82) is 0 Å². The summed E-state index contributed by atoms with van der Waals surface area (Å²) in [5.74, 6) is 0.